The molecule has 2 atom stereocenters. The molecule has 1 aromatic rings. The summed E-state index contributed by atoms with van der Waals surface area (Å²) < 4.78 is 0. The summed E-state index contributed by atoms with van der Waals surface area (Å²) in [7, 11) is 2.83. The first kappa shape index (κ1) is 12.7. The van der Waals surface area contributed by atoms with Gasteiger partial charge in [-0.25, -0.2) is 0 Å². The van der Waals surface area contributed by atoms with E-state index in [0.717, 1.165) is 5.92 Å². The lowest BCUT2D eigenvalue weighted by Gasteiger charge is -2.23. The highest BCUT2D eigenvalue weighted by atomic mass is 31.0. The third-order valence-electron chi connectivity index (χ3n) is 2.58. The van der Waals surface area contributed by atoms with Crippen molar-refractivity contribution in [3.63, 3.8) is 0 Å². The summed E-state index contributed by atoms with van der Waals surface area (Å²) in [6.45, 7) is 9.30. The van der Waals surface area contributed by atoms with Gasteiger partial charge in [-0.1, -0.05) is 52.0 Å². The summed E-state index contributed by atoms with van der Waals surface area (Å²) in [5.74, 6) is 0.756. The van der Waals surface area contributed by atoms with E-state index in [9.17, 15) is 0 Å². The quantitative estimate of drug-likeness (QED) is 0.682. The predicted octanol–water partition coefficient (Wildman–Crippen LogP) is 3.80. The summed E-state index contributed by atoms with van der Waals surface area (Å²) in [4.78, 5) is 0. The molecule has 0 saturated heterocycles. The maximum Gasteiger partial charge on any atom is -0.0247 e. The van der Waals surface area contributed by atoms with Crippen molar-refractivity contribution in [1.82, 2.24) is 0 Å². The largest absolute Gasteiger partial charge is 0.105 e. The molecule has 0 aliphatic heterocycles. The molecule has 2 unspecified atom stereocenters. The monoisotopic (exact) mass is 222 g/mol. The average Bonchev–Trinajstić information content (AvgIpc) is 2.05. The second-order valence-electron chi connectivity index (χ2n) is 5.77. The van der Waals surface area contributed by atoms with E-state index in [1.807, 2.05) is 0 Å². The molecule has 0 nitrogen and oxygen atoms in total. The van der Waals surface area contributed by atoms with Crippen molar-refractivity contribution >= 4 is 14.5 Å². The maximum atomic E-state index is 2.83. The minimum absolute atomic E-state index is 0.440. The Morgan fingerprint density at radius 2 is 1.80 bits per heavy atom. The van der Waals surface area contributed by atoms with Crippen molar-refractivity contribution in [2.24, 2.45) is 11.3 Å². The Kier molecular flexibility index (Phi) is 4.34. The molecule has 0 saturated carbocycles. The highest BCUT2D eigenvalue weighted by molar-refractivity contribution is 7.27. The van der Waals surface area contributed by atoms with Crippen LogP contribution in [0.25, 0.3) is 0 Å². The zero-order valence-corrected chi connectivity index (χ0v) is 11.5. The smallest absolute Gasteiger partial charge is 0.0247 e. The first-order valence-electron chi connectivity index (χ1n) is 5.72. The first-order chi connectivity index (χ1) is 6.88. The van der Waals surface area contributed by atoms with Gasteiger partial charge in [0.1, 0.15) is 0 Å². The molecule has 1 heteroatoms. The van der Waals surface area contributed by atoms with E-state index in [-0.39, 0.29) is 0 Å². The first-order valence-corrected chi connectivity index (χ1v) is 6.29. The van der Waals surface area contributed by atoms with Crippen LogP contribution in [0.5, 0.6) is 0 Å². The minimum Gasteiger partial charge on any atom is -0.105 e. The Hall–Kier alpha value is -0.350. The Balaban J connectivity index is 2.59. The summed E-state index contributed by atoms with van der Waals surface area (Å²) in [6, 6.07) is 8.64. The molecule has 0 aliphatic carbocycles. The van der Waals surface area contributed by atoms with Crippen molar-refractivity contribution in [3.05, 3.63) is 29.8 Å². The van der Waals surface area contributed by atoms with E-state index in [1.165, 1.54) is 23.7 Å². The van der Waals surface area contributed by atoms with Crippen LogP contribution in [0.1, 0.15) is 39.7 Å². The highest BCUT2D eigenvalue weighted by Crippen LogP contribution is 2.26. The number of benzene rings is 1. The van der Waals surface area contributed by atoms with Crippen LogP contribution in [0.2, 0.25) is 0 Å². The lowest BCUT2D eigenvalue weighted by atomic mass is 9.83. The average molecular weight is 222 g/mol. The van der Waals surface area contributed by atoms with Crippen LogP contribution < -0.4 is 5.30 Å². The molecule has 0 heterocycles. The van der Waals surface area contributed by atoms with Crippen LogP contribution in [0, 0.1) is 11.3 Å². The summed E-state index contributed by atoms with van der Waals surface area (Å²) >= 11 is 0. The second kappa shape index (κ2) is 5.12. The Morgan fingerprint density at radius 3 is 2.33 bits per heavy atom. The molecule has 0 aliphatic rings. The molecule has 1 rings (SSSR count). The zero-order valence-electron chi connectivity index (χ0n) is 10.4. The van der Waals surface area contributed by atoms with Crippen molar-refractivity contribution in [1.29, 1.82) is 0 Å². The van der Waals surface area contributed by atoms with Gasteiger partial charge in [0.2, 0.25) is 0 Å². The molecule has 0 fully saturated rings. The van der Waals surface area contributed by atoms with Crippen LogP contribution in [0.15, 0.2) is 24.3 Å². The third-order valence-corrected chi connectivity index (χ3v) is 3.15. The van der Waals surface area contributed by atoms with Crippen molar-refractivity contribution in [2.75, 3.05) is 0 Å². The van der Waals surface area contributed by atoms with E-state index in [1.54, 1.807) is 0 Å². The van der Waals surface area contributed by atoms with Gasteiger partial charge in [0.25, 0.3) is 0 Å². The predicted molar refractivity (Wildman–Crippen MR) is 72.7 cm³/mol. The fourth-order valence-corrected chi connectivity index (χ4v) is 2.54. The van der Waals surface area contributed by atoms with Crippen LogP contribution in [0.3, 0.4) is 0 Å². The van der Waals surface area contributed by atoms with E-state index in [2.05, 4.69) is 61.2 Å². The molecule has 0 amide bonds. The molecule has 0 bridgehead atoms. The van der Waals surface area contributed by atoms with Gasteiger partial charge < -0.3 is 0 Å². The zero-order chi connectivity index (χ0) is 11.5. The molecule has 0 radical (unpaired) electrons. The number of rotatable bonds is 3. The van der Waals surface area contributed by atoms with Gasteiger partial charge in [0.05, 0.1) is 0 Å². The number of hydrogen-bond acceptors (Lipinski definition) is 0. The molecule has 0 aromatic heterocycles. The SMILES string of the molecule is CC(Cc1ccccc1P)CC(C)(C)C. The van der Waals surface area contributed by atoms with Crippen LogP contribution in [0.4, 0.5) is 0 Å². The van der Waals surface area contributed by atoms with Gasteiger partial charge in [-0.3, -0.25) is 0 Å². The molecule has 1 aromatic carbocycles. The van der Waals surface area contributed by atoms with Crippen LogP contribution in [-0.4, -0.2) is 0 Å². The van der Waals surface area contributed by atoms with Crippen molar-refractivity contribution in [2.45, 2.75) is 40.5 Å². The summed E-state index contributed by atoms with van der Waals surface area (Å²) in [5.41, 5.74) is 1.91. The fraction of sp³-hybridized carbons (Fsp3) is 0.571. The third kappa shape index (κ3) is 4.80. The van der Waals surface area contributed by atoms with E-state index in [0.29, 0.717) is 5.41 Å². The van der Waals surface area contributed by atoms with Gasteiger partial charge in [0, 0.05) is 0 Å². The number of hydrogen-bond donors (Lipinski definition) is 0. The topological polar surface area (TPSA) is 0 Å². The maximum absolute atomic E-state index is 2.83. The van der Waals surface area contributed by atoms with Crippen molar-refractivity contribution in [3.8, 4) is 0 Å². The molecule has 84 valence electrons. The Morgan fingerprint density at radius 1 is 1.20 bits per heavy atom. The lowest BCUT2D eigenvalue weighted by molar-refractivity contribution is 0.306. The molecule has 0 spiro atoms. The Bertz CT molecular complexity index is 309. The lowest BCUT2D eigenvalue weighted by Crippen LogP contribution is -2.14. The molecule has 0 N–H and O–H groups in total. The van der Waals surface area contributed by atoms with Gasteiger partial charge >= 0.3 is 0 Å². The molecule has 15 heavy (non-hydrogen) atoms. The fourth-order valence-electron chi connectivity index (χ4n) is 2.21. The van der Waals surface area contributed by atoms with Crippen molar-refractivity contribution < 1.29 is 0 Å². The standard InChI is InChI=1S/C14H23P/c1-11(10-14(2,3)4)9-12-7-5-6-8-13(12)15/h5-8,11H,9-10,15H2,1-4H3. The molecular weight excluding hydrogens is 199 g/mol. The van der Waals surface area contributed by atoms with E-state index < -0.39 is 0 Å². The Labute approximate surface area is 96.7 Å². The highest BCUT2D eigenvalue weighted by Gasteiger charge is 2.15. The van der Waals surface area contributed by atoms with E-state index >= 15 is 0 Å². The van der Waals surface area contributed by atoms with Gasteiger partial charge in [-0.15, -0.1) is 9.24 Å². The minimum atomic E-state index is 0.440. The summed E-state index contributed by atoms with van der Waals surface area (Å²) in [6.07, 6.45) is 2.48. The molecular formula is C14H23P. The summed E-state index contributed by atoms with van der Waals surface area (Å²) in [5, 5.41) is 1.35. The van der Waals surface area contributed by atoms with Gasteiger partial charge in [-0.05, 0) is 35.0 Å². The second-order valence-corrected chi connectivity index (χ2v) is 6.39. The van der Waals surface area contributed by atoms with Crippen LogP contribution in [-0.2, 0) is 6.42 Å². The normalized spacial score (nSPS) is 13.9. The van der Waals surface area contributed by atoms with Crippen LogP contribution >= 0.6 is 9.24 Å². The van der Waals surface area contributed by atoms with Gasteiger partial charge in [0.15, 0.2) is 0 Å². The van der Waals surface area contributed by atoms with E-state index in [4.69, 9.17) is 0 Å². The van der Waals surface area contributed by atoms with Gasteiger partial charge in [-0.2, -0.15) is 0 Å².